The van der Waals surface area contributed by atoms with Crippen LogP contribution in [0.3, 0.4) is 0 Å². The van der Waals surface area contributed by atoms with E-state index >= 15 is 0 Å². The molecule has 0 aliphatic heterocycles. The molecule has 0 spiro atoms. The summed E-state index contributed by atoms with van der Waals surface area (Å²) in [5.74, 6) is 0. The summed E-state index contributed by atoms with van der Waals surface area (Å²) in [6, 6.07) is 15.1. The summed E-state index contributed by atoms with van der Waals surface area (Å²) in [5.41, 5.74) is 2.56. The Hall–Kier alpha value is -2.10. The van der Waals surface area contributed by atoms with Gasteiger partial charge in [0.2, 0.25) is 0 Å². The second-order valence-corrected chi connectivity index (χ2v) is 6.18. The first kappa shape index (κ1) is 12.6. The molecule has 4 rings (SSSR count). The van der Waals surface area contributed by atoms with Crippen LogP contribution in [-0.2, 0) is 0 Å². The third kappa shape index (κ3) is 1.89. The summed E-state index contributed by atoms with van der Waals surface area (Å²) < 4.78 is 0. The van der Waals surface area contributed by atoms with Gasteiger partial charge in [0.05, 0.1) is 10.5 Å². The van der Waals surface area contributed by atoms with E-state index in [4.69, 9.17) is 11.6 Å². The molecular formula is C17H10ClNOS. The largest absolute Gasteiger partial charge is 0.354 e. The van der Waals surface area contributed by atoms with Crippen LogP contribution in [0, 0.1) is 0 Å². The number of aromatic amines is 1. The zero-order valence-corrected chi connectivity index (χ0v) is 12.5. The molecule has 0 unspecified atom stereocenters. The van der Waals surface area contributed by atoms with Crippen LogP contribution in [0.4, 0.5) is 0 Å². The molecule has 0 saturated heterocycles. The molecule has 4 aromatic rings. The highest BCUT2D eigenvalue weighted by molar-refractivity contribution is 7.13. The van der Waals surface area contributed by atoms with Crippen LogP contribution in [0.1, 0.15) is 0 Å². The van der Waals surface area contributed by atoms with Gasteiger partial charge in [0.25, 0.3) is 0 Å². The van der Waals surface area contributed by atoms with Gasteiger partial charge in [-0.05, 0) is 35.7 Å². The number of rotatable bonds is 1. The Kier molecular flexibility index (Phi) is 2.84. The van der Waals surface area contributed by atoms with Gasteiger partial charge < -0.3 is 4.98 Å². The molecule has 0 amide bonds. The van der Waals surface area contributed by atoms with Gasteiger partial charge in [-0.2, -0.15) is 0 Å². The number of fused-ring (bicyclic) bond motifs is 2. The van der Waals surface area contributed by atoms with Crippen molar-refractivity contribution in [2.45, 2.75) is 0 Å². The third-order valence-corrected chi connectivity index (χ3v) is 4.80. The molecule has 2 nitrogen and oxygen atoms in total. The zero-order chi connectivity index (χ0) is 14.4. The molecule has 0 aliphatic carbocycles. The van der Waals surface area contributed by atoms with Crippen molar-refractivity contribution in [3.05, 3.63) is 69.2 Å². The molecule has 21 heavy (non-hydrogen) atoms. The average Bonchev–Trinajstić information content (AvgIpc) is 3.01. The van der Waals surface area contributed by atoms with E-state index in [2.05, 4.69) is 4.98 Å². The van der Waals surface area contributed by atoms with Crippen LogP contribution in [-0.4, -0.2) is 4.98 Å². The smallest absolute Gasteiger partial charge is 0.197 e. The van der Waals surface area contributed by atoms with Crippen molar-refractivity contribution in [3.8, 4) is 10.4 Å². The van der Waals surface area contributed by atoms with Gasteiger partial charge in [0.1, 0.15) is 0 Å². The molecule has 0 saturated carbocycles. The molecule has 0 fully saturated rings. The zero-order valence-electron chi connectivity index (χ0n) is 10.9. The lowest BCUT2D eigenvalue weighted by molar-refractivity contribution is 1.48. The van der Waals surface area contributed by atoms with Gasteiger partial charge in [0.15, 0.2) is 5.43 Å². The summed E-state index contributed by atoms with van der Waals surface area (Å²) in [5, 5.41) is 4.02. The summed E-state index contributed by atoms with van der Waals surface area (Å²) in [6.07, 6.45) is 0. The quantitative estimate of drug-likeness (QED) is 0.489. The Bertz CT molecular complexity index is 1020. The van der Waals surface area contributed by atoms with E-state index < -0.39 is 0 Å². The second-order valence-electron chi connectivity index (χ2n) is 4.82. The van der Waals surface area contributed by atoms with Crippen LogP contribution < -0.4 is 5.43 Å². The maximum Gasteiger partial charge on any atom is 0.197 e. The van der Waals surface area contributed by atoms with Gasteiger partial charge in [-0.15, -0.1) is 11.3 Å². The van der Waals surface area contributed by atoms with Crippen molar-refractivity contribution in [2.24, 2.45) is 0 Å². The topological polar surface area (TPSA) is 32.9 Å². The Morgan fingerprint density at radius 1 is 0.952 bits per heavy atom. The molecule has 1 N–H and O–H groups in total. The van der Waals surface area contributed by atoms with E-state index in [0.717, 1.165) is 21.5 Å². The van der Waals surface area contributed by atoms with Crippen LogP contribution in [0.15, 0.2) is 58.7 Å². The number of pyridine rings is 1. The number of H-pyrrole nitrogens is 1. The fourth-order valence-corrected chi connectivity index (χ4v) is 3.73. The van der Waals surface area contributed by atoms with Crippen molar-refractivity contribution in [2.75, 3.05) is 0 Å². The number of nitrogens with one attached hydrogen (secondary N) is 1. The Morgan fingerprint density at radius 3 is 2.62 bits per heavy atom. The lowest BCUT2D eigenvalue weighted by Crippen LogP contribution is -2.04. The molecule has 0 bridgehead atoms. The number of hydrogen-bond acceptors (Lipinski definition) is 2. The Labute approximate surface area is 129 Å². The van der Waals surface area contributed by atoms with Gasteiger partial charge in [0, 0.05) is 26.7 Å². The highest BCUT2D eigenvalue weighted by Gasteiger charge is 2.13. The van der Waals surface area contributed by atoms with Crippen molar-refractivity contribution in [3.63, 3.8) is 0 Å². The van der Waals surface area contributed by atoms with Gasteiger partial charge >= 0.3 is 0 Å². The predicted octanol–water partition coefficient (Wildman–Crippen LogP) is 5.06. The predicted molar refractivity (Wildman–Crippen MR) is 90.4 cm³/mol. The lowest BCUT2D eigenvalue weighted by atomic mass is 10.1. The van der Waals surface area contributed by atoms with E-state index in [9.17, 15) is 4.79 Å². The third-order valence-electron chi connectivity index (χ3n) is 3.60. The minimum Gasteiger partial charge on any atom is -0.354 e. The summed E-state index contributed by atoms with van der Waals surface area (Å²) in [4.78, 5) is 17.1. The van der Waals surface area contributed by atoms with Gasteiger partial charge in [-0.1, -0.05) is 29.8 Å². The first-order valence-electron chi connectivity index (χ1n) is 6.53. The number of thiophene rings is 1. The van der Waals surface area contributed by atoms with Crippen molar-refractivity contribution >= 4 is 44.7 Å². The number of para-hydroxylation sites is 1. The highest BCUT2D eigenvalue weighted by atomic mass is 35.5. The SMILES string of the molecule is O=c1c2ccccc2[nH]c2c(-c3cccs3)c(Cl)ccc12. The number of halogens is 1. The van der Waals surface area contributed by atoms with Crippen LogP contribution in [0.25, 0.3) is 32.2 Å². The molecule has 0 atom stereocenters. The molecule has 2 aromatic heterocycles. The minimum atomic E-state index is 0.0359. The van der Waals surface area contributed by atoms with Crippen LogP contribution >= 0.6 is 22.9 Å². The maximum absolute atomic E-state index is 12.7. The molecule has 4 heteroatoms. The van der Waals surface area contributed by atoms with Crippen molar-refractivity contribution in [1.82, 2.24) is 4.98 Å². The van der Waals surface area contributed by atoms with Gasteiger partial charge in [-0.3, -0.25) is 4.79 Å². The van der Waals surface area contributed by atoms with E-state index in [0.29, 0.717) is 15.8 Å². The van der Waals surface area contributed by atoms with E-state index in [1.807, 2.05) is 41.8 Å². The van der Waals surface area contributed by atoms with Crippen molar-refractivity contribution < 1.29 is 0 Å². The average molecular weight is 312 g/mol. The first-order chi connectivity index (χ1) is 10.3. The maximum atomic E-state index is 12.7. The molecule has 0 radical (unpaired) electrons. The summed E-state index contributed by atoms with van der Waals surface area (Å²) in [7, 11) is 0. The van der Waals surface area contributed by atoms with Crippen LogP contribution in [0.2, 0.25) is 5.02 Å². The minimum absolute atomic E-state index is 0.0359. The van der Waals surface area contributed by atoms with Crippen molar-refractivity contribution in [1.29, 1.82) is 0 Å². The molecule has 2 aromatic carbocycles. The first-order valence-corrected chi connectivity index (χ1v) is 7.78. The lowest BCUT2D eigenvalue weighted by Gasteiger charge is -2.09. The molecular weight excluding hydrogens is 302 g/mol. The van der Waals surface area contributed by atoms with E-state index in [1.165, 1.54) is 0 Å². The second kappa shape index (κ2) is 4.72. The normalized spacial score (nSPS) is 11.3. The summed E-state index contributed by atoms with van der Waals surface area (Å²) >= 11 is 7.99. The fourth-order valence-electron chi connectivity index (χ4n) is 2.63. The number of aromatic nitrogens is 1. The molecule has 2 heterocycles. The monoisotopic (exact) mass is 311 g/mol. The van der Waals surface area contributed by atoms with E-state index in [1.54, 1.807) is 23.5 Å². The Morgan fingerprint density at radius 2 is 1.81 bits per heavy atom. The number of hydrogen-bond donors (Lipinski definition) is 1. The number of benzene rings is 2. The Balaban J connectivity index is 2.24. The molecule has 102 valence electrons. The van der Waals surface area contributed by atoms with Crippen LogP contribution in [0.5, 0.6) is 0 Å². The molecule has 0 aliphatic rings. The summed E-state index contributed by atoms with van der Waals surface area (Å²) in [6.45, 7) is 0. The fraction of sp³-hybridized carbons (Fsp3) is 0. The van der Waals surface area contributed by atoms with E-state index in [-0.39, 0.29) is 5.43 Å². The van der Waals surface area contributed by atoms with Gasteiger partial charge in [-0.25, -0.2) is 0 Å². The highest BCUT2D eigenvalue weighted by Crippen LogP contribution is 2.36. The standard InChI is InChI=1S/C17H10ClNOS/c18-12-8-7-11-16(15(12)14-6-3-9-21-14)19-13-5-2-1-4-10(13)17(11)20/h1-9H,(H,19,20).